The Kier molecular flexibility index (Phi) is 4.03. The van der Waals surface area contributed by atoms with Gasteiger partial charge in [0.25, 0.3) is 0 Å². The van der Waals surface area contributed by atoms with Gasteiger partial charge in [-0.3, -0.25) is 0 Å². The van der Waals surface area contributed by atoms with Crippen molar-refractivity contribution in [2.45, 2.75) is 50.1 Å². The molecule has 1 saturated heterocycles. The second kappa shape index (κ2) is 6.53. The summed E-state index contributed by atoms with van der Waals surface area (Å²) < 4.78 is 18.4. The first-order valence-corrected chi connectivity index (χ1v) is 9.08. The molecule has 8 heteroatoms. The first-order valence-electron chi connectivity index (χ1n) is 9.08. The number of hydrogen-bond donors (Lipinski definition) is 2. The Morgan fingerprint density at radius 2 is 2.12 bits per heavy atom. The van der Waals surface area contributed by atoms with E-state index in [1.807, 2.05) is 29.1 Å². The smallest absolute Gasteiger partial charge is 0.231 e. The summed E-state index contributed by atoms with van der Waals surface area (Å²) in [5, 5.41) is 22.2. The van der Waals surface area contributed by atoms with Crippen molar-refractivity contribution in [1.82, 2.24) is 20.3 Å². The molecule has 26 heavy (non-hydrogen) atoms. The number of hydrogen-bond acceptors (Lipinski definition) is 7. The predicted molar refractivity (Wildman–Crippen MR) is 90.9 cm³/mol. The summed E-state index contributed by atoms with van der Waals surface area (Å²) in [7, 11) is 0. The number of ether oxygens (including phenoxy) is 3. The number of nitrogens with zero attached hydrogens (tertiary/aromatic N) is 3. The van der Waals surface area contributed by atoms with Crippen LogP contribution in [-0.2, 0) is 17.8 Å². The number of nitrogens with one attached hydrogen (secondary N) is 1. The van der Waals surface area contributed by atoms with E-state index in [0.717, 1.165) is 22.8 Å². The molecule has 0 amide bonds. The number of fused-ring (bicyclic) bond motifs is 1. The average molecular weight is 358 g/mol. The lowest BCUT2D eigenvalue weighted by atomic mass is 10.1. The fourth-order valence-electron chi connectivity index (χ4n) is 3.55. The maximum absolute atomic E-state index is 10.3. The van der Waals surface area contributed by atoms with Crippen molar-refractivity contribution in [2.75, 3.05) is 13.4 Å². The molecule has 0 bridgehead atoms. The molecule has 2 N–H and O–H groups in total. The number of aliphatic hydroxyl groups excluding tert-OH is 1. The molecule has 3 atom stereocenters. The molecular weight excluding hydrogens is 336 g/mol. The van der Waals surface area contributed by atoms with Crippen molar-refractivity contribution in [2.24, 2.45) is 0 Å². The summed E-state index contributed by atoms with van der Waals surface area (Å²) in [5.41, 5.74) is 2.14. The summed E-state index contributed by atoms with van der Waals surface area (Å²) in [6, 6.07) is 5.71. The monoisotopic (exact) mass is 358 g/mol. The normalized spacial score (nSPS) is 27.2. The fraction of sp³-hybridized carbons (Fsp3) is 0.556. The van der Waals surface area contributed by atoms with E-state index >= 15 is 0 Å². The Morgan fingerprint density at radius 1 is 1.23 bits per heavy atom. The first kappa shape index (κ1) is 16.0. The molecule has 1 aliphatic carbocycles. The molecule has 8 nitrogen and oxygen atoms in total. The lowest BCUT2D eigenvalue weighted by Gasteiger charge is -2.21. The zero-order valence-corrected chi connectivity index (χ0v) is 14.4. The Bertz CT molecular complexity index is 791. The highest BCUT2D eigenvalue weighted by atomic mass is 16.7. The largest absolute Gasteiger partial charge is 0.454 e. The fourth-order valence-corrected chi connectivity index (χ4v) is 3.55. The quantitative estimate of drug-likeness (QED) is 0.789. The van der Waals surface area contributed by atoms with Gasteiger partial charge in [-0.15, -0.1) is 5.10 Å². The molecule has 2 aliphatic heterocycles. The minimum Gasteiger partial charge on any atom is -0.454 e. The Labute approximate surface area is 151 Å². The van der Waals surface area contributed by atoms with Crippen LogP contribution in [0.3, 0.4) is 0 Å². The van der Waals surface area contributed by atoms with Crippen LogP contribution in [0, 0.1) is 0 Å². The van der Waals surface area contributed by atoms with Gasteiger partial charge in [-0.1, -0.05) is 11.3 Å². The highest BCUT2D eigenvalue weighted by molar-refractivity contribution is 5.44. The number of aliphatic hydroxyl groups is 1. The molecule has 0 radical (unpaired) electrons. The van der Waals surface area contributed by atoms with Crippen LogP contribution in [0.25, 0.3) is 0 Å². The molecule has 2 fully saturated rings. The molecule has 0 spiro atoms. The van der Waals surface area contributed by atoms with Gasteiger partial charge in [0, 0.05) is 18.7 Å². The molecular formula is C18H22N4O4. The van der Waals surface area contributed by atoms with E-state index in [0.29, 0.717) is 25.6 Å². The van der Waals surface area contributed by atoms with E-state index in [1.54, 1.807) is 0 Å². The van der Waals surface area contributed by atoms with Gasteiger partial charge in [0.2, 0.25) is 6.79 Å². The molecule has 1 aromatic heterocycles. The van der Waals surface area contributed by atoms with Crippen molar-refractivity contribution in [1.29, 1.82) is 0 Å². The summed E-state index contributed by atoms with van der Waals surface area (Å²) in [5.74, 6) is 2.12. The summed E-state index contributed by atoms with van der Waals surface area (Å²) in [4.78, 5) is 0. The predicted octanol–water partition coefficient (Wildman–Crippen LogP) is 0.802. The van der Waals surface area contributed by atoms with Crippen molar-refractivity contribution in [3.05, 3.63) is 35.7 Å². The second-order valence-corrected chi connectivity index (χ2v) is 7.17. The molecule has 2 aromatic rings. The van der Waals surface area contributed by atoms with Crippen molar-refractivity contribution in [3.8, 4) is 11.5 Å². The lowest BCUT2D eigenvalue weighted by Crippen LogP contribution is -2.45. The van der Waals surface area contributed by atoms with Crippen molar-refractivity contribution < 1.29 is 19.3 Å². The molecule has 3 heterocycles. The summed E-state index contributed by atoms with van der Waals surface area (Å²) in [6.45, 7) is 1.79. The molecule has 0 unspecified atom stereocenters. The minimum atomic E-state index is -0.541. The zero-order chi connectivity index (χ0) is 17.5. The van der Waals surface area contributed by atoms with Gasteiger partial charge in [0.1, 0.15) is 0 Å². The van der Waals surface area contributed by atoms with Gasteiger partial charge in [0.15, 0.2) is 11.5 Å². The van der Waals surface area contributed by atoms with Gasteiger partial charge in [-0.2, -0.15) is 0 Å². The maximum Gasteiger partial charge on any atom is 0.231 e. The molecule has 138 valence electrons. The van der Waals surface area contributed by atoms with E-state index in [9.17, 15) is 5.11 Å². The summed E-state index contributed by atoms with van der Waals surface area (Å²) in [6.07, 6.45) is 3.72. The standard InChI is InChI=1S/C18H22N4O4/c23-14-9-24-17(8-22-7-13(20-21-22)12-2-3-12)18(14)19-6-11-1-4-15-16(5-11)26-10-25-15/h1,4-5,7,12,14,17-19,23H,2-3,6,8-10H2/t14-,17+,18+/m0/s1. The minimum absolute atomic E-state index is 0.146. The number of benzene rings is 1. The molecule has 1 saturated carbocycles. The van der Waals surface area contributed by atoms with Crippen LogP contribution in [-0.4, -0.2) is 51.7 Å². The van der Waals surface area contributed by atoms with Gasteiger partial charge >= 0.3 is 0 Å². The Hall–Kier alpha value is -2.16. The van der Waals surface area contributed by atoms with E-state index in [1.165, 1.54) is 12.8 Å². The average Bonchev–Trinajstić information content (AvgIpc) is 3.06. The van der Waals surface area contributed by atoms with Crippen molar-refractivity contribution in [3.63, 3.8) is 0 Å². The first-order chi connectivity index (χ1) is 12.8. The van der Waals surface area contributed by atoms with Crippen LogP contribution in [0.2, 0.25) is 0 Å². The highest BCUT2D eigenvalue weighted by Crippen LogP contribution is 2.38. The van der Waals surface area contributed by atoms with Crippen LogP contribution in [0.1, 0.15) is 30.0 Å². The van der Waals surface area contributed by atoms with Gasteiger partial charge in [-0.05, 0) is 30.5 Å². The third-order valence-corrected chi connectivity index (χ3v) is 5.19. The lowest BCUT2D eigenvalue weighted by molar-refractivity contribution is 0.0741. The number of aromatic nitrogens is 3. The zero-order valence-electron chi connectivity index (χ0n) is 14.4. The second-order valence-electron chi connectivity index (χ2n) is 7.17. The van der Waals surface area contributed by atoms with Gasteiger partial charge in [0.05, 0.1) is 37.1 Å². The Balaban J connectivity index is 1.22. The van der Waals surface area contributed by atoms with Crippen molar-refractivity contribution >= 4 is 0 Å². The van der Waals surface area contributed by atoms with Crippen LogP contribution in [0.5, 0.6) is 11.5 Å². The third kappa shape index (κ3) is 3.15. The van der Waals surface area contributed by atoms with Crippen LogP contribution >= 0.6 is 0 Å². The topological polar surface area (TPSA) is 90.7 Å². The van der Waals surface area contributed by atoms with Crippen LogP contribution in [0.15, 0.2) is 24.4 Å². The Morgan fingerprint density at radius 3 is 3.00 bits per heavy atom. The SMILES string of the molecule is O[C@H]1CO[C@H](Cn2cc(C3CC3)nn2)[C@@H]1NCc1ccc2c(c1)OCO2. The van der Waals surface area contributed by atoms with Crippen LogP contribution < -0.4 is 14.8 Å². The highest BCUT2D eigenvalue weighted by Gasteiger charge is 2.36. The summed E-state index contributed by atoms with van der Waals surface area (Å²) >= 11 is 0. The van der Waals surface area contributed by atoms with E-state index in [4.69, 9.17) is 14.2 Å². The van der Waals surface area contributed by atoms with Gasteiger partial charge < -0.3 is 24.6 Å². The number of rotatable bonds is 6. The third-order valence-electron chi connectivity index (χ3n) is 5.19. The van der Waals surface area contributed by atoms with E-state index < -0.39 is 6.10 Å². The van der Waals surface area contributed by atoms with Gasteiger partial charge in [-0.25, -0.2) is 4.68 Å². The maximum atomic E-state index is 10.3. The van der Waals surface area contributed by atoms with Crippen LogP contribution in [0.4, 0.5) is 0 Å². The van der Waals surface area contributed by atoms with E-state index in [2.05, 4.69) is 15.6 Å². The molecule has 1 aromatic carbocycles. The molecule has 5 rings (SSSR count). The molecule has 3 aliphatic rings. The van der Waals surface area contributed by atoms with E-state index in [-0.39, 0.29) is 18.9 Å².